The molecule has 0 aliphatic rings. The molecule has 3 rings (SSSR count). The maximum atomic E-state index is 13.3. The fourth-order valence-corrected chi connectivity index (χ4v) is 5.19. The molecule has 0 bridgehead atoms. The van der Waals surface area contributed by atoms with E-state index >= 15 is 0 Å². The van der Waals surface area contributed by atoms with Gasteiger partial charge in [-0.15, -0.1) is 11.3 Å². The Morgan fingerprint density at radius 1 is 1.10 bits per heavy atom. The molecule has 1 aromatic heterocycles. The molecule has 9 heteroatoms. The van der Waals surface area contributed by atoms with E-state index in [-0.39, 0.29) is 16.0 Å². The van der Waals surface area contributed by atoms with E-state index in [0.717, 1.165) is 27.8 Å². The molecule has 30 heavy (non-hydrogen) atoms. The predicted octanol–water partition coefficient (Wildman–Crippen LogP) is 4.51. The maximum absolute atomic E-state index is 13.3. The highest BCUT2D eigenvalue weighted by atomic mass is 32.2. The van der Waals surface area contributed by atoms with Crippen molar-refractivity contribution in [2.24, 2.45) is 0 Å². The quantitative estimate of drug-likeness (QED) is 0.550. The number of hydrogen-bond donors (Lipinski definition) is 1. The largest absolute Gasteiger partial charge is 0.491 e. The lowest BCUT2D eigenvalue weighted by Gasteiger charge is -2.23. The summed E-state index contributed by atoms with van der Waals surface area (Å²) in [6.45, 7) is 3.36. The van der Waals surface area contributed by atoms with Crippen LogP contribution in [-0.4, -0.2) is 27.0 Å². The van der Waals surface area contributed by atoms with E-state index in [1.807, 2.05) is 13.8 Å². The second-order valence-electron chi connectivity index (χ2n) is 6.66. The van der Waals surface area contributed by atoms with Crippen LogP contribution in [0.15, 0.2) is 70.3 Å². The minimum absolute atomic E-state index is 0.0252. The van der Waals surface area contributed by atoms with Crippen LogP contribution in [0.3, 0.4) is 0 Å². The van der Waals surface area contributed by atoms with Gasteiger partial charge in [-0.3, -0.25) is 9.10 Å². The van der Waals surface area contributed by atoms with Crippen molar-refractivity contribution in [2.45, 2.75) is 24.2 Å². The summed E-state index contributed by atoms with van der Waals surface area (Å²) in [7, 11) is -3.98. The number of nitrogens with zero attached hydrogens (tertiary/aromatic N) is 1. The zero-order chi connectivity index (χ0) is 21.7. The van der Waals surface area contributed by atoms with Crippen LogP contribution in [0.4, 0.5) is 15.8 Å². The number of anilines is 2. The second kappa shape index (κ2) is 9.27. The van der Waals surface area contributed by atoms with Crippen LogP contribution in [-0.2, 0) is 14.8 Å². The molecule has 3 aromatic rings. The number of benzene rings is 2. The Labute approximate surface area is 179 Å². The van der Waals surface area contributed by atoms with Gasteiger partial charge in [0, 0.05) is 5.69 Å². The van der Waals surface area contributed by atoms with Crippen LogP contribution in [0.2, 0.25) is 0 Å². The summed E-state index contributed by atoms with van der Waals surface area (Å²) in [5.41, 5.74) is 0.698. The Kier molecular flexibility index (Phi) is 6.73. The molecule has 0 unspecified atom stereocenters. The number of carbonyl (C=O) groups is 1. The van der Waals surface area contributed by atoms with E-state index in [0.29, 0.717) is 11.4 Å². The minimum atomic E-state index is -3.98. The Hall–Kier alpha value is -2.91. The summed E-state index contributed by atoms with van der Waals surface area (Å²) in [5.74, 6) is -0.367. The summed E-state index contributed by atoms with van der Waals surface area (Å²) in [6.07, 6.45) is 0.0252. The van der Waals surface area contributed by atoms with Crippen LogP contribution in [0.5, 0.6) is 5.75 Å². The number of halogens is 1. The van der Waals surface area contributed by atoms with Crippen molar-refractivity contribution in [3.8, 4) is 5.75 Å². The third-order valence-electron chi connectivity index (χ3n) is 3.95. The average Bonchev–Trinajstić information content (AvgIpc) is 3.24. The van der Waals surface area contributed by atoms with Gasteiger partial charge in [0.05, 0.1) is 11.8 Å². The van der Waals surface area contributed by atoms with Gasteiger partial charge in [0.25, 0.3) is 10.0 Å². The van der Waals surface area contributed by atoms with E-state index < -0.39 is 28.3 Å². The summed E-state index contributed by atoms with van der Waals surface area (Å²) in [4.78, 5) is 12.6. The van der Waals surface area contributed by atoms with Crippen molar-refractivity contribution in [1.82, 2.24) is 0 Å². The van der Waals surface area contributed by atoms with Gasteiger partial charge in [-0.1, -0.05) is 6.07 Å². The van der Waals surface area contributed by atoms with E-state index in [9.17, 15) is 17.6 Å². The molecular weight excluding hydrogens is 427 g/mol. The Bertz CT molecular complexity index is 1080. The first-order chi connectivity index (χ1) is 14.3. The first kappa shape index (κ1) is 21.8. The van der Waals surface area contributed by atoms with Crippen LogP contribution in [0.25, 0.3) is 0 Å². The van der Waals surface area contributed by atoms with Crippen LogP contribution < -0.4 is 14.4 Å². The highest BCUT2D eigenvalue weighted by Crippen LogP contribution is 2.27. The fraction of sp³-hybridized carbons (Fsp3) is 0.190. The predicted molar refractivity (Wildman–Crippen MR) is 116 cm³/mol. The zero-order valence-corrected chi connectivity index (χ0v) is 18.0. The molecule has 0 aliphatic heterocycles. The van der Waals surface area contributed by atoms with Crippen molar-refractivity contribution < 1.29 is 22.3 Å². The number of nitrogens with one attached hydrogen (secondary N) is 1. The molecule has 0 saturated carbocycles. The number of rotatable bonds is 8. The SMILES string of the molecule is CC(C)Oc1ccc(NC(=O)CN(c2ccc(F)cc2)S(=O)(=O)c2cccs2)cc1. The van der Waals surface area contributed by atoms with E-state index in [4.69, 9.17) is 4.74 Å². The number of hydrogen-bond acceptors (Lipinski definition) is 5. The van der Waals surface area contributed by atoms with Crippen molar-refractivity contribution >= 4 is 38.6 Å². The minimum Gasteiger partial charge on any atom is -0.491 e. The molecule has 0 saturated heterocycles. The van der Waals surface area contributed by atoms with Gasteiger partial charge in [-0.2, -0.15) is 0 Å². The monoisotopic (exact) mass is 448 g/mol. The molecule has 1 heterocycles. The Morgan fingerprint density at radius 3 is 2.33 bits per heavy atom. The molecule has 6 nitrogen and oxygen atoms in total. The van der Waals surface area contributed by atoms with E-state index in [1.54, 1.807) is 35.7 Å². The molecule has 2 aromatic carbocycles. The van der Waals surface area contributed by atoms with E-state index in [2.05, 4.69) is 5.32 Å². The average molecular weight is 449 g/mol. The smallest absolute Gasteiger partial charge is 0.274 e. The second-order valence-corrected chi connectivity index (χ2v) is 9.70. The Morgan fingerprint density at radius 2 is 1.77 bits per heavy atom. The number of carbonyl (C=O) groups excluding carboxylic acids is 1. The molecule has 1 amide bonds. The van der Waals surface area contributed by atoms with Gasteiger partial charge in [0.1, 0.15) is 22.3 Å². The first-order valence-corrected chi connectivity index (χ1v) is 11.5. The van der Waals surface area contributed by atoms with Gasteiger partial charge in [-0.05, 0) is 73.8 Å². The molecule has 0 aliphatic carbocycles. The van der Waals surface area contributed by atoms with Crippen molar-refractivity contribution in [3.63, 3.8) is 0 Å². The maximum Gasteiger partial charge on any atom is 0.274 e. The molecule has 0 fully saturated rings. The van der Waals surface area contributed by atoms with Crippen LogP contribution in [0.1, 0.15) is 13.8 Å². The van der Waals surface area contributed by atoms with Crippen molar-refractivity contribution in [1.29, 1.82) is 0 Å². The summed E-state index contributed by atoms with van der Waals surface area (Å²) in [6, 6.07) is 14.8. The molecular formula is C21H21FN2O4S2. The molecule has 0 spiro atoms. The van der Waals surface area contributed by atoms with Crippen molar-refractivity contribution in [2.75, 3.05) is 16.2 Å². The molecule has 0 radical (unpaired) electrons. The first-order valence-electron chi connectivity index (χ1n) is 9.14. The summed E-state index contributed by atoms with van der Waals surface area (Å²) < 4.78 is 46.1. The lowest BCUT2D eigenvalue weighted by atomic mass is 10.3. The summed E-state index contributed by atoms with van der Waals surface area (Å²) >= 11 is 1.04. The van der Waals surface area contributed by atoms with Crippen LogP contribution in [0, 0.1) is 5.82 Å². The number of amides is 1. The van der Waals surface area contributed by atoms with Gasteiger partial charge in [-0.25, -0.2) is 12.8 Å². The molecule has 158 valence electrons. The lowest BCUT2D eigenvalue weighted by Crippen LogP contribution is -2.37. The summed E-state index contributed by atoms with van der Waals surface area (Å²) in [5, 5.41) is 4.32. The van der Waals surface area contributed by atoms with Gasteiger partial charge in [0.2, 0.25) is 5.91 Å². The Balaban J connectivity index is 1.81. The molecule has 1 N–H and O–H groups in total. The standard InChI is InChI=1S/C21H21FN2O4S2/c1-15(2)28-19-11-7-17(8-12-19)23-20(25)14-24(18-9-5-16(22)6-10-18)30(26,27)21-4-3-13-29-21/h3-13,15H,14H2,1-2H3,(H,23,25). The lowest BCUT2D eigenvalue weighted by molar-refractivity contribution is -0.114. The highest BCUT2D eigenvalue weighted by Gasteiger charge is 2.28. The highest BCUT2D eigenvalue weighted by molar-refractivity contribution is 7.94. The number of sulfonamides is 1. The number of ether oxygens (including phenoxy) is 1. The van der Waals surface area contributed by atoms with Gasteiger partial charge >= 0.3 is 0 Å². The third kappa shape index (κ3) is 5.37. The van der Waals surface area contributed by atoms with Gasteiger partial charge < -0.3 is 10.1 Å². The third-order valence-corrected chi connectivity index (χ3v) is 7.10. The van der Waals surface area contributed by atoms with E-state index in [1.165, 1.54) is 18.2 Å². The van der Waals surface area contributed by atoms with Gasteiger partial charge in [0.15, 0.2) is 0 Å². The fourth-order valence-electron chi connectivity index (χ4n) is 2.66. The topological polar surface area (TPSA) is 75.7 Å². The number of thiophene rings is 1. The molecule has 0 atom stereocenters. The van der Waals surface area contributed by atoms with Crippen LogP contribution >= 0.6 is 11.3 Å². The van der Waals surface area contributed by atoms with Crippen molar-refractivity contribution in [3.05, 3.63) is 71.9 Å². The zero-order valence-electron chi connectivity index (χ0n) is 16.4. The normalized spacial score (nSPS) is 11.3.